The summed E-state index contributed by atoms with van der Waals surface area (Å²) in [5.74, 6) is 1.05. The van der Waals surface area contributed by atoms with E-state index in [1.165, 1.54) is 99.5 Å². The van der Waals surface area contributed by atoms with Gasteiger partial charge >= 0.3 is 0 Å². The molecular weight excluding hydrogens is 490 g/mol. The van der Waals surface area contributed by atoms with E-state index in [9.17, 15) is 0 Å². The van der Waals surface area contributed by atoms with E-state index in [1.807, 2.05) is 18.7 Å². The lowest BCUT2D eigenvalue weighted by molar-refractivity contribution is -0.0601. The summed E-state index contributed by atoms with van der Waals surface area (Å²) in [5, 5.41) is 0. The molecule has 1 aromatic carbocycles. The monoisotopic (exact) mass is 547 g/mol. The summed E-state index contributed by atoms with van der Waals surface area (Å²) in [6.45, 7) is 10.8. The van der Waals surface area contributed by atoms with Gasteiger partial charge in [0.15, 0.2) is 0 Å². The van der Waals surface area contributed by atoms with Gasteiger partial charge in [-0.25, -0.2) is 0 Å². The van der Waals surface area contributed by atoms with Gasteiger partial charge in [-0.1, -0.05) is 115 Å². The molecule has 1 atom stereocenters. The summed E-state index contributed by atoms with van der Waals surface area (Å²) >= 11 is 1.91. The van der Waals surface area contributed by atoms with Gasteiger partial charge in [-0.15, -0.1) is 11.8 Å². The number of rotatable bonds is 25. The minimum Gasteiger partial charge on any atom is -0.379 e. The molecule has 0 fully saturated rings. The highest BCUT2D eigenvalue weighted by Crippen LogP contribution is 2.25. The molecule has 1 heterocycles. The van der Waals surface area contributed by atoms with E-state index in [0.29, 0.717) is 26.4 Å². The lowest BCUT2D eigenvalue weighted by atomic mass is 10.0. The van der Waals surface area contributed by atoms with Crippen LogP contribution in [0.4, 0.5) is 0 Å². The zero-order valence-electron chi connectivity index (χ0n) is 24.9. The van der Waals surface area contributed by atoms with Crippen LogP contribution in [-0.2, 0) is 27.4 Å². The van der Waals surface area contributed by atoms with E-state index in [2.05, 4.69) is 49.2 Å². The number of hydrogen-bond donors (Lipinski definition) is 0. The molecule has 4 nitrogen and oxygen atoms in total. The molecule has 0 aliphatic carbocycles. The van der Waals surface area contributed by atoms with Crippen molar-refractivity contribution in [1.82, 2.24) is 4.90 Å². The molecule has 5 heteroatoms. The van der Waals surface area contributed by atoms with Crippen LogP contribution < -0.4 is 0 Å². The standard InChI is InChI=1S/C33H57NO3S/c1-4-6-7-8-9-10-11-12-13-14-15-16-17-18-23-35-27-33(37-5-2)28-36-26-32-21-19-31(20-22-32)25-34-24-30(3)38-29-34/h19-22,24,33H,4-18,23,25-29H2,1-3H3. The van der Waals surface area contributed by atoms with Crippen LogP contribution in [-0.4, -0.2) is 43.3 Å². The summed E-state index contributed by atoms with van der Waals surface area (Å²) in [5.41, 5.74) is 2.54. The normalized spacial score (nSPS) is 14.3. The lowest BCUT2D eigenvalue weighted by Crippen LogP contribution is -2.26. The van der Waals surface area contributed by atoms with Gasteiger partial charge in [0.2, 0.25) is 0 Å². The van der Waals surface area contributed by atoms with Gasteiger partial charge < -0.3 is 19.1 Å². The molecule has 218 valence electrons. The van der Waals surface area contributed by atoms with Gasteiger partial charge in [-0.05, 0) is 36.3 Å². The second-order valence-electron chi connectivity index (χ2n) is 10.8. The number of unbranched alkanes of at least 4 members (excludes halogenated alkanes) is 13. The Morgan fingerprint density at radius 1 is 0.737 bits per heavy atom. The van der Waals surface area contributed by atoms with Crippen molar-refractivity contribution < 1.29 is 14.2 Å². The van der Waals surface area contributed by atoms with Crippen LogP contribution in [0.3, 0.4) is 0 Å². The average molecular weight is 548 g/mol. The van der Waals surface area contributed by atoms with Crippen molar-refractivity contribution in [2.75, 3.05) is 32.3 Å². The van der Waals surface area contributed by atoms with E-state index < -0.39 is 0 Å². The molecule has 0 N–H and O–H groups in total. The van der Waals surface area contributed by atoms with Crippen molar-refractivity contribution >= 4 is 11.8 Å². The fourth-order valence-electron chi connectivity index (χ4n) is 4.88. The zero-order valence-corrected chi connectivity index (χ0v) is 25.7. The molecule has 1 aromatic rings. The topological polar surface area (TPSA) is 30.9 Å². The van der Waals surface area contributed by atoms with Crippen LogP contribution in [0.2, 0.25) is 0 Å². The third-order valence-electron chi connectivity index (χ3n) is 7.15. The fraction of sp³-hybridized carbons (Fsp3) is 0.758. The minimum absolute atomic E-state index is 0.00797. The van der Waals surface area contributed by atoms with Crippen molar-refractivity contribution in [2.24, 2.45) is 0 Å². The molecule has 1 aliphatic heterocycles. The van der Waals surface area contributed by atoms with Crippen LogP contribution in [0, 0.1) is 0 Å². The number of benzene rings is 1. The third kappa shape index (κ3) is 16.8. The maximum absolute atomic E-state index is 5.97. The fourth-order valence-corrected chi connectivity index (χ4v) is 5.64. The summed E-state index contributed by atoms with van der Waals surface area (Å²) in [4.78, 5) is 3.75. The van der Waals surface area contributed by atoms with Crippen LogP contribution in [0.1, 0.15) is 122 Å². The first-order valence-electron chi connectivity index (χ1n) is 15.6. The predicted molar refractivity (Wildman–Crippen MR) is 164 cm³/mol. The summed E-state index contributed by atoms with van der Waals surface area (Å²) in [6.07, 6.45) is 21.6. The summed E-state index contributed by atoms with van der Waals surface area (Å²) in [6, 6.07) is 8.78. The maximum atomic E-state index is 5.97. The Labute approximate surface area is 239 Å². The molecule has 38 heavy (non-hydrogen) atoms. The Bertz CT molecular complexity index is 709. The largest absolute Gasteiger partial charge is 0.379 e. The minimum atomic E-state index is 0.00797. The Hall–Kier alpha value is -1.01. The zero-order chi connectivity index (χ0) is 27.1. The number of nitrogens with zero attached hydrogens (tertiary/aromatic N) is 1. The van der Waals surface area contributed by atoms with Crippen molar-refractivity contribution in [1.29, 1.82) is 0 Å². The first kappa shape index (κ1) is 33.2. The molecule has 0 saturated heterocycles. The van der Waals surface area contributed by atoms with Crippen molar-refractivity contribution in [3.8, 4) is 0 Å². The van der Waals surface area contributed by atoms with Crippen LogP contribution in [0.25, 0.3) is 0 Å². The van der Waals surface area contributed by atoms with Crippen LogP contribution >= 0.6 is 11.8 Å². The number of thioether (sulfide) groups is 1. The molecule has 0 saturated carbocycles. The molecule has 0 aromatic heterocycles. The third-order valence-corrected chi connectivity index (χ3v) is 8.17. The van der Waals surface area contributed by atoms with Crippen LogP contribution in [0.15, 0.2) is 35.4 Å². The Morgan fingerprint density at radius 3 is 1.84 bits per heavy atom. The average Bonchev–Trinajstić information content (AvgIpc) is 3.33. The van der Waals surface area contributed by atoms with E-state index >= 15 is 0 Å². The number of hydrogen-bond acceptors (Lipinski definition) is 5. The Kier molecular flexibility index (Phi) is 19.9. The van der Waals surface area contributed by atoms with Gasteiger partial charge in [-0.3, -0.25) is 0 Å². The second-order valence-corrected chi connectivity index (χ2v) is 12.0. The lowest BCUT2D eigenvalue weighted by Gasteiger charge is -2.18. The van der Waals surface area contributed by atoms with Gasteiger partial charge in [0, 0.05) is 26.0 Å². The number of allylic oxidation sites excluding steroid dienone is 1. The SMILES string of the molecule is CCCCCCCCCCCCCCCCOCC(COCc1ccc(CN2C=C(C)SC2)cc1)OCC. The molecule has 0 radical (unpaired) electrons. The Morgan fingerprint density at radius 2 is 1.29 bits per heavy atom. The molecule has 0 spiro atoms. The van der Waals surface area contributed by atoms with Crippen LogP contribution in [0.5, 0.6) is 0 Å². The smallest absolute Gasteiger partial charge is 0.104 e. The molecule has 1 aliphatic rings. The summed E-state index contributed by atoms with van der Waals surface area (Å²) in [7, 11) is 0. The van der Waals surface area contributed by atoms with E-state index in [0.717, 1.165) is 25.4 Å². The highest BCUT2D eigenvalue weighted by molar-refractivity contribution is 8.03. The predicted octanol–water partition coefficient (Wildman–Crippen LogP) is 9.47. The Balaban J connectivity index is 1.42. The summed E-state index contributed by atoms with van der Waals surface area (Å²) < 4.78 is 17.7. The molecule has 0 amide bonds. The highest BCUT2D eigenvalue weighted by atomic mass is 32.2. The van der Waals surface area contributed by atoms with Gasteiger partial charge in [-0.2, -0.15) is 0 Å². The maximum Gasteiger partial charge on any atom is 0.104 e. The van der Waals surface area contributed by atoms with Crippen molar-refractivity contribution in [3.63, 3.8) is 0 Å². The molecule has 2 rings (SSSR count). The van der Waals surface area contributed by atoms with E-state index in [4.69, 9.17) is 14.2 Å². The molecular formula is C33H57NO3S. The molecule has 1 unspecified atom stereocenters. The second kappa shape index (κ2) is 22.8. The van der Waals surface area contributed by atoms with Gasteiger partial charge in [0.1, 0.15) is 6.10 Å². The number of ether oxygens (including phenoxy) is 3. The van der Waals surface area contributed by atoms with Crippen molar-refractivity contribution in [3.05, 3.63) is 46.5 Å². The highest BCUT2D eigenvalue weighted by Gasteiger charge is 2.11. The van der Waals surface area contributed by atoms with Gasteiger partial charge in [0.05, 0.1) is 25.7 Å². The van der Waals surface area contributed by atoms with E-state index in [-0.39, 0.29) is 6.10 Å². The van der Waals surface area contributed by atoms with E-state index in [1.54, 1.807) is 0 Å². The van der Waals surface area contributed by atoms with Gasteiger partial charge in [0.25, 0.3) is 0 Å². The molecule has 0 bridgehead atoms. The first-order chi connectivity index (χ1) is 18.7. The van der Waals surface area contributed by atoms with Crippen molar-refractivity contribution in [2.45, 2.75) is 130 Å². The first-order valence-corrected chi connectivity index (χ1v) is 16.6. The quantitative estimate of drug-likeness (QED) is 0.114.